The van der Waals surface area contributed by atoms with Crippen molar-refractivity contribution in [2.45, 2.75) is 12.2 Å². The summed E-state index contributed by atoms with van der Waals surface area (Å²) in [6.45, 7) is 0. The average molecular weight is 256 g/mol. The number of hydrogen-bond donors (Lipinski definition) is 3. The highest BCUT2D eigenvalue weighted by Gasteiger charge is 2.20. The molecule has 1 aromatic heterocycles. The first kappa shape index (κ1) is 12.2. The van der Waals surface area contributed by atoms with Crippen LogP contribution in [0.2, 0.25) is 0 Å². The molecule has 2 atom stereocenters. The van der Waals surface area contributed by atoms with Crippen LogP contribution < -0.4 is 4.74 Å². The topological polar surface area (TPSA) is 65.5 Å². The molecule has 5 heteroatoms. The highest BCUT2D eigenvalue weighted by atomic mass is 35.5. The van der Waals surface area contributed by atoms with E-state index in [4.69, 9.17) is 16.3 Å². The van der Waals surface area contributed by atoms with Gasteiger partial charge in [0.15, 0.2) is 0 Å². The number of methoxy groups -OCH3 is 1. The second-order valence-electron chi connectivity index (χ2n) is 3.82. The van der Waals surface area contributed by atoms with Crippen molar-refractivity contribution in [3.8, 4) is 5.75 Å². The van der Waals surface area contributed by atoms with Crippen LogP contribution in [0.1, 0.15) is 11.7 Å². The minimum Gasteiger partial charge on any atom is -0.497 e. The summed E-state index contributed by atoms with van der Waals surface area (Å²) in [6, 6.07) is 5.50. The molecule has 0 aliphatic heterocycles. The molecule has 0 saturated carbocycles. The molecule has 2 unspecified atom stereocenters. The molecule has 0 aliphatic carbocycles. The van der Waals surface area contributed by atoms with E-state index in [2.05, 4.69) is 4.98 Å². The Labute approximate surface area is 104 Å². The fourth-order valence-corrected chi connectivity index (χ4v) is 1.95. The molecule has 0 bridgehead atoms. The molecule has 0 fully saturated rings. The van der Waals surface area contributed by atoms with Crippen LogP contribution in [0.25, 0.3) is 10.9 Å². The molecule has 2 rings (SSSR count). The van der Waals surface area contributed by atoms with Gasteiger partial charge in [0.25, 0.3) is 0 Å². The van der Waals surface area contributed by atoms with E-state index < -0.39 is 12.2 Å². The first-order valence-corrected chi connectivity index (χ1v) is 5.78. The molecule has 0 spiro atoms. The number of ether oxygens (including phenoxy) is 1. The standard InChI is InChI=1S/C12H14ClNO3/c1-17-7-2-3-10-8(4-7)9(6-14-10)12(16)11(15)5-13/h2-4,6,11-12,14-16H,5H2,1H3. The van der Waals surface area contributed by atoms with Gasteiger partial charge in [0.1, 0.15) is 11.9 Å². The lowest BCUT2D eigenvalue weighted by Crippen LogP contribution is -2.19. The number of aliphatic hydroxyl groups is 2. The molecular formula is C12H14ClNO3. The molecule has 0 aliphatic rings. The Bertz CT molecular complexity index is 511. The normalized spacial score (nSPS) is 14.8. The number of aromatic amines is 1. The van der Waals surface area contributed by atoms with Crippen molar-refractivity contribution in [1.29, 1.82) is 0 Å². The first-order valence-electron chi connectivity index (χ1n) is 5.24. The van der Waals surface area contributed by atoms with Gasteiger partial charge in [0.05, 0.1) is 19.1 Å². The average Bonchev–Trinajstić information content (AvgIpc) is 2.79. The zero-order valence-corrected chi connectivity index (χ0v) is 10.1. The third kappa shape index (κ3) is 2.24. The number of halogens is 1. The van der Waals surface area contributed by atoms with Gasteiger partial charge in [-0.3, -0.25) is 0 Å². The van der Waals surface area contributed by atoms with E-state index in [0.29, 0.717) is 11.3 Å². The Kier molecular flexibility index (Phi) is 3.57. The quantitative estimate of drug-likeness (QED) is 0.730. The molecule has 0 radical (unpaired) electrons. The second kappa shape index (κ2) is 4.96. The molecule has 4 nitrogen and oxygen atoms in total. The molecule has 1 heterocycles. The lowest BCUT2D eigenvalue weighted by atomic mass is 10.0. The Balaban J connectivity index is 2.47. The molecule has 17 heavy (non-hydrogen) atoms. The molecule has 2 aromatic rings. The van der Waals surface area contributed by atoms with E-state index in [1.165, 1.54) is 0 Å². The Morgan fingerprint density at radius 1 is 1.41 bits per heavy atom. The van der Waals surface area contributed by atoms with Gasteiger partial charge in [-0.1, -0.05) is 0 Å². The fraction of sp³-hybridized carbons (Fsp3) is 0.333. The fourth-order valence-electron chi connectivity index (χ4n) is 1.78. The number of rotatable bonds is 4. The summed E-state index contributed by atoms with van der Waals surface area (Å²) in [5, 5.41) is 20.3. The maximum absolute atomic E-state index is 9.94. The smallest absolute Gasteiger partial charge is 0.119 e. The van der Waals surface area contributed by atoms with Gasteiger partial charge in [-0.05, 0) is 18.2 Å². The van der Waals surface area contributed by atoms with E-state index in [0.717, 1.165) is 10.9 Å². The Morgan fingerprint density at radius 3 is 2.82 bits per heavy atom. The summed E-state index contributed by atoms with van der Waals surface area (Å²) in [5.74, 6) is 0.684. The number of H-pyrrole nitrogens is 1. The number of aromatic nitrogens is 1. The van der Waals surface area contributed by atoms with Crippen molar-refractivity contribution in [2.75, 3.05) is 13.0 Å². The van der Waals surface area contributed by atoms with Crippen molar-refractivity contribution in [2.24, 2.45) is 0 Å². The van der Waals surface area contributed by atoms with Crippen molar-refractivity contribution < 1.29 is 14.9 Å². The third-order valence-electron chi connectivity index (χ3n) is 2.76. The summed E-state index contributed by atoms with van der Waals surface area (Å²) in [6.07, 6.45) is -0.319. The lowest BCUT2D eigenvalue weighted by Gasteiger charge is -2.14. The van der Waals surface area contributed by atoms with Gasteiger partial charge < -0.3 is 19.9 Å². The largest absolute Gasteiger partial charge is 0.497 e. The zero-order chi connectivity index (χ0) is 12.4. The Hall–Kier alpha value is -1.23. The zero-order valence-electron chi connectivity index (χ0n) is 9.35. The van der Waals surface area contributed by atoms with Crippen LogP contribution in [0.3, 0.4) is 0 Å². The Morgan fingerprint density at radius 2 is 2.18 bits per heavy atom. The summed E-state index contributed by atoms with van der Waals surface area (Å²) in [5.41, 5.74) is 1.49. The number of hydrogen-bond acceptors (Lipinski definition) is 3. The van der Waals surface area contributed by atoms with Gasteiger partial charge >= 0.3 is 0 Å². The number of fused-ring (bicyclic) bond motifs is 1. The van der Waals surface area contributed by atoms with Crippen molar-refractivity contribution in [3.63, 3.8) is 0 Å². The first-order chi connectivity index (χ1) is 8.17. The predicted molar refractivity (Wildman–Crippen MR) is 66.5 cm³/mol. The maximum Gasteiger partial charge on any atom is 0.119 e. The van der Waals surface area contributed by atoms with Crippen LogP contribution in [0.4, 0.5) is 0 Å². The highest BCUT2D eigenvalue weighted by molar-refractivity contribution is 6.18. The van der Waals surface area contributed by atoms with Crippen LogP contribution in [-0.2, 0) is 0 Å². The summed E-state index contributed by atoms with van der Waals surface area (Å²) < 4.78 is 5.13. The van der Waals surface area contributed by atoms with Crippen LogP contribution in [-0.4, -0.2) is 34.3 Å². The van der Waals surface area contributed by atoms with Crippen molar-refractivity contribution in [3.05, 3.63) is 30.0 Å². The number of nitrogens with one attached hydrogen (secondary N) is 1. The minimum atomic E-state index is -1.01. The van der Waals surface area contributed by atoms with E-state index in [1.807, 2.05) is 18.2 Å². The summed E-state index contributed by atoms with van der Waals surface area (Å²) in [7, 11) is 1.58. The minimum absolute atomic E-state index is 0.0161. The maximum atomic E-state index is 9.94. The van der Waals surface area contributed by atoms with E-state index in [9.17, 15) is 10.2 Å². The van der Waals surface area contributed by atoms with Crippen LogP contribution in [0.5, 0.6) is 5.75 Å². The number of aliphatic hydroxyl groups excluding tert-OH is 2. The lowest BCUT2D eigenvalue weighted by molar-refractivity contribution is 0.0336. The van der Waals surface area contributed by atoms with E-state index >= 15 is 0 Å². The summed E-state index contributed by atoms with van der Waals surface area (Å²) >= 11 is 5.53. The van der Waals surface area contributed by atoms with Gasteiger partial charge in [-0.2, -0.15) is 0 Å². The van der Waals surface area contributed by atoms with Crippen molar-refractivity contribution in [1.82, 2.24) is 4.98 Å². The van der Waals surface area contributed by atoms with E-state index in [1.54, 1.807) is 13.3 Å². The van der Waals surface area contributed by atoms with Gasteiger partial charge in [-0.25, -0.2) is 0 Å². The number of benzene rings is 1. The predicted octanol–water partition coefficient (Wildman–Crippen LogP) is 1.81. The molecule has 1 aromatic carbocycles. The SMILES string of the molecule is COc1ccc2[nH]cc(C(O)C(O)CCl)c2c1. The highest BCUT2D eigenvalue weighted by Crippen LogP contribution is 2.29. The van der Waals surface area contributed by atoms with Crippen molar-refractivity contribution >= 4 is 22.5 Å². The van der Waals surface area contributed by atoms with Crippen LogP contribution >= 0.6 is 11.6 Å². The van der Waals surface area contributed by atoms with Gasteiger partial charge in [0.2, 0.25) is 0 Å². The van der Waals surface area contributed by atoms with Crippen LogP contribution in [0.15, 0.2) is 24.4 Å². The second-order valence-corrected chi connectivity index (χ2v) is 4.13. The molecular weight excluding hydrogens is 242 g/mol. The molecule has 3 N–H and O–H groups in total. The van der Waals surface area contributed by atoms with E-state index in [-0.39, 0.29) is 5.88 Å². The van der Waals surface area contributed by atoms with Crippen LogP contribution in [0, 0.1) is 0 Å². The monoisotopic (exact) mass is 255 g/mol. The van der Waals surface area contributed by atoms with Gasteiger partial charge in [-0.15, -0.1) is 11.6 Å². The summed E-state index contributed by atoms with van der Waals surface area (Å²) in [4.78, 5) is 3.03. The van der Waals surface area contributed by atoms with Gasteiger partial charge in [0, 0.05) is 22.7 Å². The number of alkyl halides is 1. The molecule has 92 valence electrons. The molecule has 0 saturated heterocycles. The molecule has 0 amide bonds. The third-order valence-corrected chi connectivity index (χ3v) is 3.08.